The highest BCUT2D eigenvalue weighted by molar-refractivity contribution is 6.68. The Balaban J connectivity index is 1.06. The van der Waals surface area contributed by atoms with Crippen LogP contribution in [0.1, 0.15) is 0 Å². The predicted octanol–water partition coefficient (Wildman–Crippen LogP) is 4.50. The largest absolute Gasteiger partial charge is 0.455 e. The van der Waals surface area contributed by atoms with Crippen LogP contribution in [0.5, 0.6) is 0 Å². The third-order valence-corrected chi connectivity index (χ3v) is 12.9. The molecule has 0 unspecified atom stereocenters. The number of hydrogen-bond donors (Lipinski definition) is 0. The fourth-order valence-electron chi connectivity index (χ4n) is 9.28. The van der Waals surface area contributed by atoms with Crippen molar-refractivity contribution in [3.8, 4) is 62.1 Å². The summed E-state index contributed by atoms with van der Waals surface area (Å²) in [4.78, 5) is 15.4. The van der Waals surface area contributed by atoms with Crippen LogP contribution < -0.4 is 27.3 Å². The van der Waals surface area contributed by atoms with Crippen LogP contribution in [0.2, 0.25) is 0 Å². The van der Waals surface area contributed by atoms with Gasteiger partial charge in [0.2, 0.25) is 0 Å². The SMILES string of the molecule is Bc1c(B)c(B)c(-c2ccc(-c3nc(-c4ccccc4)nc(-c4cccc5c4oc4c(-c6ccc7c(c6)c6ccccc6n7-c6ccccc6)cccc45)n3)cc2)c(B)c1B. The van der Waals surface area contributed by atoms with Gasteiger partial charge < -0.3 is 8.98 Å². The molecule has 0 aliphatic rings. The summed E-state index contributed by atoms with van der Waals surface area (Å²) >= 11 is 0. The number of hydrogen-bond acceptors (Lipinski definition) is 4. The van der Waals surface area contributed by atoms with Crippen molar-refractivity contribution in [2.45, 2.75) is 0 Å². The van der Waals surface area contributed by atoms with Crippen molar-refractivity contribution in [2.75, 3.05) is 0 Å². The number of rotatable bonds is 6. The molecule has 0 aliphatic heterocycles. The average molecular weight is 776 g/mol. The second-order valence-corrected chi connectivity index (χ2v) is 16.1. The summed E-state index contributed by atoms with van der Waals surface area (Å²) in [6.45, 7) is 0. The third-order valence-electron chi connectivity index (χ3n) is 12.9. The van der Waals surface area contributed by atoms with Crippen LogP contribution in [0, 0.1) is 0 Å². The van der Waals surface area contributed by atoms with E-state index in [1.807, 2.05) is 30.3 Å². The lowest BCUT2D eigenvalue weighted by Crippen LogP contribution is -2.55. The first kappa shape index (κ1) is 36.8. The number of nitrogens with zero attached hydrogens (tertiary/aromatic N) is 4. The van der Waals surface area contributed by atoms with Crippen LogP contribution in [-0.4, -0.2) is 58.8 Å². The molecular weight excluding hydrogens is 739 g/mol. The fraction of sp³-hybridized carbons (Fsp3) is 0. The number of benzene rings is 8. The maximum atomic E-state index is 7.00. The monoisotopic (exact) mass is 776 g/mol. The predicted molar refractivity (Wildman–Crippen MR) is 270 cm³/mol. The lowest BCUT2D eigenvalue weighted by Gasteiger charge is -2.20. The zero-order valence-electron chi connectivity index (χ0n) is 34.8. The molecule has 0 saturated carbocycles. The van der Waals surface area contributed by atoms with E-state index >= 15 is 0 Å². The standard InChI is InChI=1S/C51H37B5N4O/c52-42-41(43(53)45(55)46(56)44(42)54)28-21-23-30(24-22-28)50-57-49(29-11-3-1-4-12-29)58-51(59-50)37-19-10-18-36-35-17-9-16-33(47(35)61-48(36)37)31-25-26-40-38(27-31)34-15-7-8-20-39(34)60(40)32-13-5-2-6-14-32/h1-27H,52-56H2. The first-order valence-electron chi connectivity index (χ1n) is 20.9. The molecule has 0 fully saturated rings. The van der Waals surface area contributed by atoms with Gasteiger partial charge in [0.15, 0.2) is 17.5 Å². The van der Waals surface area contributed by atoms with Gasteiger partial charge in [0, 0.05) is 43.9 Å². The van der Waals surface area contributed by atoms with E-state index in [0.29, 0.717) is 17.5 Å². The zero-order chi connectivity index (χ0) is 41.4. The smallest absolute Gasteiger partial charge is 0.167 e. The minimum Gasteiger partial charge on any atom is -0.455 e. The van der Waals surface area contributed by atoms with Crippen molar-refractivity contribution < 1.29 is 4.42 Å². The maximum absolute atomic E-state index is 7.00. The topological polar surface area (TPSA) is 56.7 Å². The molecule has 11 aromatic rings. The average Bonchev–Trinajstić information content (AvgIpc) is 3.87. The van der Waals surface area contributed by atoms with E-state index in [1.54, 1.807) is 0 Å². The number of para-hydroxylation sites is 4. The van der Waals surface area contributed by atoms with E-state index in [0.717, 1.165) is 61.0 Å². The van der Waals surface area contributed by atoms with Crippen LogP contribution in [0.3, 0.4) is 0 Å². The van der Waals surface area contributed by atoms with Crippen molar-refractivity contribution in [3.63, 3.8) is 0 Å². The summed E-state index contributed by atoms with van der Waals surface area (Å²) in [6, 6.07) is 57.4. The fourth-order valence-corrected chi connectivity index (χ4v) is 9.28. The van der Waals surface area contributed by atoms with E-state index in [2.05, 4.69) is 177 Å². The summed E-state index contributed by atoms with van der Waals surface area (Å²) in [5.41, 5.74) is 19.0. The normalized spacial score (nSPS) is 11.6. The van der Waals surface area contributed by atoms with Crippen molar-refractivity contribution in [2.24, 2.45) is 0 Å². The van der Waals surface area contributed by atoms with Gasteiger partial charge in [0.25, 0.3) is 0 Å². The molecule has 5 nitrogen and oxygen atoms in total. The number of fused-ring (bicyclic) bond motifs is 6. The van der Waals surface area contributed by atoms with E-state index in [9.17, 15) is 0 Å². The lowest BCUT2D eigenvalue weighted by atomic mass is 9.59. The highest BCUT2D eigenvalue weighted by atomic mass is 16.3. The van der Waals surface area contributed by atoms with Crippen LogP contribution >= 0.6 is 0 Å². The Labute approximate surface area is 358 Å². The van der Waals surface area contributed by atoms with Gasteiger partial charge >= 0.3 is 0 Å². The molecule has 0 radical (unpaired) electrons. The summed E-state index contributed by atoms with van der Waals surface area (Å²) in [7, 11) is 11.1. The molecule has 10 heteroatoms. The van der Waals surface area contributed by atoms with Gasteiger partial charge in [0.05, 0.1) is 16.6 Å². The van der Waals surface area contributed by atoms with E-state index in [4.69, 9.17) is 19.4 Å². The minimum absolute atomic E-state index is 0.561. The Morgan fingerprint density at radius 2 is 0.852 bits per heavy atom. The summed E-state index contributed by atoms with van der Waals surface area (Å²) in [6.07, 6.45) is 0. The van der Waals surface area contributed by atoms with Crippen LogP contribution in [0.4, 0.5) is 0 Å². The molecule has 0 spiro atoms. The molecule has 8 aromatic carbocycles. The van der Waals surface area contributed by atoms with E-state index < -0.39 is 0 Å². The van der Waals surface area contributed by atoms with Crippen LogP contribution in [-0.2, 0) is 0 Å². The minimum atomic E-state index is 0.561. The van der Waals surface area contributed by atoms with Crippen molar-refractivity contribution >= 4 is 110 Å². The van der Waals surface area contributed by atoms with Gasteiger partial charge in [-0.1, -0.05) is 138 Å². The van der Waals surface area contributed by atoms with E-state index in [-0.39, 0.29) is 0 Å². The Morgan fingerprint density at radius 3 is 1.54 bits per heavy atom. The molecule has 3 heterocycles. The number of aromatic nitrogens is 4. The molecule has 0 atom stereocenters. The number of furan rings is 1. The third kappa shape index (κ3) is 5.96. The molecule has 0 amide bonds. The van der Waals surface area contributed by atoms with Crippen LogP contribution in [0.25, 0.3) is 106 Å². The molecular formula is C51H37B5N4O. The van der Waals surface area contributed by atoms with Gasteiger partial charge in [0.1, 0.15) is 50.4 Å². The maximum Gasteiger partial charge on any atom is 0.167 e. The molecule has 11 rings (SSSR count). The van der Waals surface area contributed by atoms with Crippen LogP contribution in [0.15, 0.2) is 168 Å². The highest BCUT2D eigenvalue weighted by Crippen LogP contribution is 2.41. The van der Waals surface area contributed by atoms with Crippen molar-refractivity contribution in [1.82, 2.24) is 19.5 Å². The highest BCUT2D eigenvalue weighted by Gasteiger charge is 2.21. The summed E-state index contributed by atoms with van der Waals surface area (Å²) in [5.74, 6) is 1.78. The van der Waals surface area contributed by atoms with Gasteiger partial charge in [-0.25, -0.2) is 15.0 Å². The molecule has 0 aliphatic carbocycles. The second-order valence-electron chi connectivity index (χ2n) is 16.1. The van der Waals surface area contributed by atoms with Gasteiger partial charge in [-0.2, -0.15) is 0 Å². The molecule has 0 bridgehead atoms. The van der Waals surface area contributed by atoms with Gasteiger partial charge in [-0.3, -0.25) is 0 Å². The Hall–Kier alpha value is -7.31. The molecule has 282 valence electrons. The van der Waals surface area contributed by atoms with Gasteiger partial charge in [-0.15, -0.1) is 16.4 Å². The van der Waals surface area contributed by atoms with E-state index in [1.165, 1.54) is 54.7 Å². The molecule has 0 saturated heterocycles. The molecule has 61 heavy (non-hydrogen) atoms. The van der Waals surface area contributed by atoms with Crippen molar-refractivity contribution in [1.29, 1.82) is 0 Å². The quantitative estimate of drug-likeness (QED) is 0.234. The summed E-state index contributed by atoms with van der Waals surface area (Å²) in [5, 5.41) is 4.46. The summed E-state index contributed by atoms with van der Waals surface area (Å²) < 4.78 is 9.34. The Kier molecular flexibility index (Phi) is 8.71. The Morgan fingerprint density at radius 1 is 0.361 bits per heavy atom. The van der Waals surface area contributed by atoms with Crippen molar-refractivity contribution in [3.05, 3.63) is 164 Å². The zero-order valence-corrected chi connectivity index (χ0v) is 34.8. The molecule has 3 aromatic heterocycles. The molecule has 0 N–H and O–H groups in total. The first-order chi connectivity index (χ1) is 29.8. The van der Waals surface area contributed by atoms with Gasteiger partial charge in [-0.05, 0) is 53.1 Å². The second kappa shape index (κ2) is 14.5. The first-order valence-corrected chi connectivity index (χ1v) is 20.9. The lowest BCUT2D eigenvalue weighted by molar-refractivity contribution is 0.670. The Bertz CT molecular complexity index is 3500.